The molecule has 0 radical (unpaired) electrons. The van der Waals surface area contributed by atoms with Crippen LogP contribution in [0.2, 0.25) is 0 Å². The van der Waals surface area contributed by atoms with E-state index in [1.165, 1.54) is 0 Å². The molecular weight excluding hydrogens is 350 g/mol. The third kappa shape index (κ3) is 4.01. The minimum Gasteiger partial charge on any atom is -0.365 e. The van der Waals surface area contributed by atoms with Gasteiger partial charge >= 0.3 is 0 Å². The van der Waals surface area contributed by atoms with Crippen LogP contribution in [-0.2, 0) is 0 Å². The van der Waals surface area contributed by atoms with Gasteiger partial charge in [0.1, 0.15) is 5.82 Å². The number of hydrogen-bond acceptors (Lipinski definition) is 5. The van der Waals surface area contributed by atoms with Crippen molar-refractivity contribution in [3.8, 4) is 11.4 Å². The van der Waals surface area contributed by atoms with Gasteiger partial charge in [-0.2, -0.15) is 0 Å². The molecule has 3 aromatic rings. The SMILES string of the molecule is Cc1ccc(N[C@H]2CCC[C@@H]2NC(=O)c2ccccc2-c2ncccn2)nc1. The third-order valence-corrected chi connectivity index (χ3v) is 5.06. The predicted molar refractivity (Wildman–Crippen MR) is 109 cm³/mol. The summed E-state index contributed by atoms with van der Waals surface area (Å²) in [5, 5.41) is 6.67. The van der Waals surface area contributed by atoms with Crippen molar-refractivity contribution >= 4 is 11.7 Å². The van der Waals surface area contributed by atoms with Crippen molar-refractivity contribution in [2.75, 3.05) is 5.32 Å². The number of pyridine rings is 1. The van der Waals surface area contributed by atoms with E-state index in [4.69, 9.17) is 0 Å². The van der Waals surface area contributed by atoms with Crippen molar-refractivity contribution in [1.82, 2.24) is 20.3 Å². The number of anilines is 1. The molecule has 142 valence electrons. The number of carbonyl (C=O) groups is 1. The number of nitrogens with one attached hydrogen (secondary N) is 2. The van der Waals surface area contributed by atoms with Gasteiger partial charge in [0, 0.05) is 36.2 Å². The molecule has 0 unspecified atom stereocenters. The first-order valence-electron chi connectivity index (χ1n) is 9.57. The summed E-state index contributed by atoms with van der Waals surface area (Å²) >= 11 is 0. The van der Waals surface area contributed by atoms with E-state index in [9.17, 15) is 4.79 Å². The Balaban J connectivity index is 1.50. The lowest BCUT2D eigenvalue weighted by atomic mass is 10.0. The summed E-state index contributed by atoms with van der Waals surface area (Å²) in [7, 11) is 0. The number of aromatic nitrogens is 3. The Morgan fingerprint density at radius 2 is 1.75 bits per heavy atom. The summed E-state index contributed by atoms with van der Waals surface area (Å²) in [5.41, 5.74) is 2.46. The third-order valence-electron chi connectivity index (χ3n) is 5.06. The number of hydrogen-bond donors (Lipinski definition) is 2. The average molecular weight is 373 g/mol. The van der Waals surface area contributed by atoms with Gasteiger partial charge in [-0.3, -0.25) is 4.79 Å². The standard InChI is InChI=1S/C22H23N5O/c1-15-10-11-20(25-14-15)26-18-8-4-9-19(18)27-22(28)17-7-3-2-6-16(17)21-23-12-5-13-24-21/h2-3,5-7,10-14,18-19H,4,8-9H2,1H3,(H,25,26)(H,27,28)/t18-,19-/m0/s1. The van der Waals surface area contributed by atoms with Crippen molar-refractivity contribution in [2.45, 2.75) is 38.3 Å². The van der Waals surface area contributed by atoms with Gasteiger partial charge in [0.05, 0.1) is 5.56 Å². The largest absolute Gasteiger partial charge is 0.365 e. The van der Waals surface area contributed by atoms with Crippen LogP contribution in [0.3, 0.4) is 0 Å². The molecule has 6 heteroatoms. The monoisotopic (exact) mass is 373 g/mol. The molecular formula is C22H23N5O. The van der Waals surface area contributed by atoms with E-state index in [1.54, 1.807) is 18.5 Å². The minimum absolute atomic E-state index is 0.0559. The van der Waals surface area contributed by atoms with Gasteiger partial charge < -0.3 is 10.6 Å². The molecule has 28 heavy (non-hydrogen) atoms. The zero-order chi connectivity index (χ0) is 19.3. The van der Waals surface area contributed by atoms with E-state index < -0.39 is 0 Å². The van der Waals surface area contributed by atoms with Crippen molar-refractivity contribution < 1.29 is 4.79 Å². The number of aryl methyl sites for hydroxylation is 1. The highest BCUT2D eigenvalue weighted by molar-refractivity contribution is 6.00. The van der Waals surface area contributed by atoms with Crippen molar-refractivity contribution in [2.24, 2.45) is 0 Å². The predicted octanol–water partition coefficient (Wildman–Crippen LogP) is 3.61. The first-order chi connectivity index (χ1) is 13.7. The molecule has 0 saturated heterocycles. The Labute approximate surface area is 164 Å². The molecule has 2 atom stereocenters. The van der Waals surface area contributed by atoms with Crippen molar-refractivity contribution in [3.05, 3.63) is 72.2 Å². The Hall–Kier alpha value is -3.28. The van der Waals surface area contributed by atoms with E-state index in [2.05, 4.69) is 25.6 Å². The lowest BCUT2D eigenvalue weighted by Crippen LogP contribution is -2.43. The second kappa shape index (κ2) is 8.17. The van der Waals surface area contributed by atoms with Crippen LogP contribution in [-0.4, -0.2) is 32.9 Å². The second-order valence-corrected chi connectivity index (χ2v) is 7.10. The molecule has 0 spiro atoms. The zero-order valence-corrected chi connectivity index (χ0v) is 15.8. The average Bonchev–Trinajstić information content (AvgIpc) is 3.17. The highest BCUT2D eigenvalue weighted by Gasteiger charge is 2.29. The molecule has 1 aromatic carbocycles. The number of carbonyl (C=O) groups excluding carboxylic acids is 1. The number of amides is 1. The number of nitrogens with zero attached hydrogens (tertiary/aromatic N) is 3. The maximum atomic E-state index is 13.0. The molecule has 2 heterocycles. The van der Waals surface area contributed by atoms with Gasteiger partial charge in [-0.25, -0.2) is 15.0 Å². The molecule has 0 bridgehead atoms. The fourth-order valence-electron chi connectivity index (χ4n) is 3.61. The van der Waals surface area contributed by atoms with E-state index in [-0.39, 0.29) is 18.0 Å². The summed E-state index contributed by atoms with van der Waals surface area (Å²) in [4.78, 5) is 26.0. The number of rotatable bonds is 5. The number of benzene rings is 1. The van der Waals surface area contributed by atoms with Gasteiger partial charge in [-0.1, -0.05) is 24.3 Å². The molecule has 4 rings (SSSR count). The van der Waals surface area contributed by atoms with Crippen LogP contribution in [0.25, 0.3) is 11.4 Å². The molecule has 1 aliphatic carbocycles. The molecule has 1 aliphatic rings. The van der Waals surface area contributed by atoms with Crippen LogP contribution in [0.5, 0.6) is 0 Å². The summed E-state index contributed by atoms with van der Waals surface area (Å²) < 4.78 is 0. The molecule has 1 fully saturated rings. The van der Waals surface area contributed by atoms with Crippen molar-refractivity contribution in [1.29, 1.82) is 0 Å². The summed E-state index contributed by atoms with van der Waals surface area (Å²) in [6.45, 7) is 2.02. The molecule has 2 aromatic heterocycles. The molecule has 6 nitrogen and oxygen atoms in total. The van der Waals surface area contributed by atoms with E-state index >= 15 is 0 Å². The van der Waals surface area contributed by atoms with Crippen LogP contribution in [0.1, 0.15) is 35.2 Å². The lowest BCUT2D eigenvalue weighted by molar-refractivity contribution is 0.0936. The molecule has 2 N–H and O–H groups in total. The van der Waals surface area contributed by atoms with Crippen LogP contribution in [0.4, 0.5) is 5.82 Å². The quantitative estimate of drug-likeness (QED) is 0.714. The van der Waals surface area contributed by atoms with Gasteiger partial charge in [-0.15, -0.1) is 0 Å². The highest BCUT2D eigenvalue weighted by atomic mass is 16.1. The molecule has 0 aliphatic heterocycles. The fraction of sp³-hybridized carbons (Fsp3) is 0.273. The summed E-state index contributed by atoms with van der Waals surface area (Å²) in [6.07, 6.45) is 8.23. The Morgan fingerprint density at radius 3 is 2.54 bits per heavy atom. The first-order valence-corrected chi connectivity index (χ1v) is 9.57. The summed E-state index contributed by atoms with van der Waals surface area (Å²) in [6, 6.07) is 13.5. The smallest absolute Gasteiger partial charge is 0.252 e. The maximum Gasteiger partial charge on any atom is 0.252 e. The van der Waals surface area contributed by atoms with Crippen LogP contribution in [0, 0.1) is 6.92 Å². The second-order valence-electron chi connectivity index (χ2n) is 7.10. The normalized spacial score (nSPS) is 18.6. The van der Waals surface area contributed by atoms with Gasteiger partial charge in [0.25, 0.3) is 5.91 Å². The molecule has 1 amide bonds. The zero-order valence-electron chi connectivity index (χ0n) is 15.8. The van der Waals surface area contributed by atoms with Crippen LogP contribution in [0.15, 0.2) is 61.1 Å². The molecule has 1 saturated carbocycles. The minimum atomic E-state index is -0.0985. The van der Waals surface area contributed by atoms with Gasteiger partial charge in [-0.05, 0) is 49.9 Å². The van der Waals surface area contributed by atoms with Crippen LogP contribution >= 0.6 is 0 Å². The van der Waals surface area contributed by atoms with Gasteiger partial charge in [0.2, 0.25) is 0 Å². The van der Waals surface area contributed by atoms with Crippen molar-refractivity contribution in [3.63, 3.8) is 0 Å². The summed E-state index contributed by atoms with van der Waals surface area (Å²) in [5.74, 6) is 1.30. The fourth-order valence-corrected chi connectivity index (χ4v) is 3.61. The maximum absolute atomic E-state index is 13.0. The van der Waals surface area contributed by atoms with Gasteiger partial charge in [0.15, 0.2) is 5.82 Å². The van der Waals surface area contributed by atoms with E-state index in [1.807, 2.05) is 49.5 Å². The first kappa shape index (κ1) is 18.1. The van der Waals surface area contributed by atoms with E-state index in [0.29, 0.717) is 11.4 Å². The Morgan fingerprint density at radius 1 is 0.964 bits per heavy atom. The topological polar surface area (TPSA) is 79.8 Å². The Bertz CT molecular complexity index is 943. The highest BCUT2D eigenvalue weighted by Crippen LogP contribution is 2.24. The lowest BCUT2D eigenvalue weighted by Gasteiger charge is -2.23. The van der Waals surface area contributed by atoms with Crippen LogP contribution < -0.4 is 10.6 Å². The van der Waals surface area contributed by atoms with E-state index in [0.717, 1.165) is 36.2 Å². The Kier molecular flexibility index (Phi) is 5.28.